The molecule has 2 nitrogen and oxygen atoms in total. The van der Waals surface area contributed by atoms with Crippen LogP contribution in [0.25, 0.3) is 0 Å². The van der Waals surface area contributed by atoms with Crippen molar-refractivity contribution in [3.8, 4) is 11.5 Å². The SMILES string of the molecule is CC(c1cc(C(C)(C)C)cc(C(C)(C)C)c1O)c1cc(C(C)(C)C)cc(C(C)(C)C)c1OP(Cl)Cl. The monoisotopic (exact) mass is 538 g/mol. The fourth-order valence-corrected chi connectivity index (χ4v) is 5.05. The van der Waals surface area contributed by atoms with Gasteiger partial charge in [0.2, 0.25) is 0 Å². The third-order valence-electron chi connectivity index (χ3n) is 6.70. The van der Waals surface area contributed by atoms with Crippen LogP contribution in [0.3, 0.4) is 0 Å². The molecule has 0 heterocycles. The number of phenols is 1. The molecule has 0 aliphatic rings. The van der Waals surface area contributed by atoms with E-state index in [-0.39, 0.29) is 27.6 Å². The van der Waals surface area contributed by atoms with Crippen molar-refractivity contribution in [3.63, 3.8) is 0 Å². The molecule has 0 aliphatic heterocycles. The van der Waals surface area contributed by atoms with Crippen LogP contribution in [0.5, 0.6) is 11.5 Å². The minimum atomic E-state index is -1.66. The number of benzene rings is 2. The molecule has 2 rings (SSSR count). The predicted molar refractivity (Wildman–Crippen MR) is 156 cm³/mol. The Balaban J connectivity index is 2.99. The quantitative estimate of drug-likeness (QED) is 0.392. The number of phenolic OH excluding ortho intramolecular Hbond substituents is 1. The van der Waals surface area contributed by atoms with E-state index in [9.17, 15) is 5.11 Å². The molecule has 0 saturated heterocycles. The molecule has 35 heavy (non-hydrogen) atoms. The maximum atomic E-state index is 11.6. The number of halogens is 2. The van der Waals surface area contributed by atoms with Crippen LogP contribution in [0.15, 0.2) is 24.3 Å². The van der Waals surface area contributed by atoms with Crippen molar-refractivity contribution in [1.82, 2.24) is 0 Å². The first-order valence-corrected chi connectivity index (χ1v) is 15.5. The number of rotatable bonds is 4. The average molecular weight is 540 g/mol. The molecule has 2 aromatic rings. The summed E-state index contributed by atoms with van der Waals surface area (Å²) >= 11 is 12.5. The lowest BCUT2D eigenvalue weighted by Crippen LogP contribution is -2.20. The predicted octanol–water partition coefficient (Wildman–Crippen LogP) is 10.8. The van der Waals surface area contributed by atoms with Crippen molar-refractivity contribution in [1.29, 1.82) is 0 Å². The first-order chi connectivity index (χ1) is 15.5. The zero-order valence-electron chi connectivity index (χ0n) is 23.9. The van der Waals surface area contributed by atoms with Gasteiger partial charge in [-0.25, -0.2) is 0 Å². The summed E-state index contributed by atoms with van der Waals surface area (Å²) in [6.45, 7) is 26.7. The summed E-state index contributed by atoms with van der Waals surface area (Å²) in [6, 6.07) is 8.75. The third kappa shape index (κ3) is 7.09. The molecule has 0 aliphatic carbocycles. The lowest BCUT2D eigenvalue weighted by molar-refractivity contribution is 0.435. The second-order valence-corrected chi connectivity index (χ2v) is 16.9. The lowest BCUT2D eigenvalue weighted by Gasteiger charge is -2.32. The van der Waals surface area contributed by atoms with Crippen molar-refractivity contribution in [2.24, 2.45) is 0 Å². The van der Waals surface area contributed by atoms with E-state index in [4.69, 9.17) is 27.0 Å². The highest BCUT2D eigenvalue weighted by Crippen LogP contribution is 2.54. The Hall–Kier alpha value is -0.950. The highest BCUT2D eigenvalue weighted by Gasteiger charge is 2.32. The van der Waals surface area contributed by atoms with Crippen LogP contribution < -0.4 is 4.52 Å². The first-order valence-electron chi connectivity index (χ1n) is 12.4. The molecule has 1 atom stereocenters. The van der Waals surface area contributed by atoms with Gasteiger partial charge in [0.05, 0.1) is 0 Å². The molecule has 5 heteroatoms. The van der Waals surface area contributed by atoms with Gasteiger partial charge in [0.1, 0.15) is 11.5 Å². The largest absolute Gasteiger partial charge is 0.507 e. The van der Waals surface area contributed by atoms with E-state index in [0.717, 1.165) is 28.0 Å². The van der Waals surface area contributed by atoms with Gasteiger partial charge in [-0.1, -0.05) is 114 Å². The fraction of sp³-hybridized carbons (Fsp3) is 0.600. The van der Waals surface area contributed by atoms with Crippen LogP contribution in [0.1, 0.15) is 129 Å². The van der Waals surface area contributed by atoms with Crippen molar-refractivity contribution in [3.05, 3.63) is 57.6 Å². The number of hydrogen-bond acceptors (Lipinski definition) is 2. The van der Waals surface area contributed by atoms with Gasteiger partial charge < -0.3 is 9.63 Å². The minimum Gasteiger partial charge on any atom is -0.507 e. The summed E-state index contributed by atoms with van der Waals surface area (Å²) < 4.78 is 6.16. The maximum Gasteiger partial charge on any atom is 0.284 e. The average Bonchev–Trinajstić information content (AvgIpc) is 2.63. The van der Waals surface area contributed by atoms with Crippen molar-refractivity contribution in [2.75, 3.05) is 0 Å². The van der Waals surface area contributed by atoms with Crippen molar-refractivity contribution < 1.29 is 9.63 Å². The van der Waals surface area contributed by atoms with Crippen molar-refractivity contribution >= 4 is 29.3 Å². The smallest absolute Gasteiger partial charge is 0.284 e. The van der Waals surface area contributed by atoms with Crippen LogP contribution in [0.4, 0.5) is 0 Å². The minimum absolute atomic E-state index is 0.0636. The Kier molecular flexibility index (Phi) is 8.71. The number of aromatic hydroxyl groups is 1. The summed E-state index contributed by atoms with van der Waals surface area (Å²) in [5.74, 6) is 0.938. The van der Waals surface area contributed by atoms with Gasteiger partial charge in [-0.05, 0) is 60.8 Å². The van der Waals surface area contributed by atoms with E-state index in [1.807, 2.05) is 0 Å². The lowest BCUT2D eigenvalue weighted by atomic mass is 9.74. The third-order valence-corrected chi connectivity index (χ3v) is 7.43. The van der Waals surface area contributed by atoms with Crippen LogP contribution in [-0.2, 0) is 21.7 Å². The van der Waals surface area contributed by atoms with Gasteiger partial charge in [-0.15, -0.1) is 0 Å². The summed E-state index contributed by atoms with van der Waals surface area (Å²) in [5, 5.41) is 11.6. The summed E-state index contributed by atoms with van der Waals surface area (Å²) in [4.78, 5) is 0. The molecular formula is C30H45Cl2O2P. The van der Waals surface area contributed by atoms with Crippen molar-refractivity contribution in [2.45, 2.75) is 118 Å². The van der Waals surface area contributed by atoms with Gasteiger partial charge >= 0.3 is 0 Å². The molecular weight excluding hydrogens is 494 g/mol. The number of hydrogen-bond donors (Lipinski definition) is 1. The molecule has 1 N–H and O–H groups in total. The Morgan fingerprint density at radius 2 is 1.06 bits per heavy atom. The molecule has 0 fully saturated rings. The molecule has 0 radical (unpaired) electrons. The maximum absolute atomic E-state index is 11.6. The molecule has 0 saturated carbocycles. The Morgan fingerprint density at radius 3 is 1.43 bits per heavy atom. The molecule has 0 amide bonds. The van der Waals surface area contributed by atoms with E-state index in [1.165, 1.54) is 11.1 Å². The molecule has 0 spiro atoms. The molecule has 2 aromatic carbocycles. The zero-order chi connectivity index (χ0) is 27.3. The summed E-state index contributed by atoms with van der Waals surface area (Å²) in [6.07, 6.45) is 0. The fourth-order valence-electron chi connectivity index (χ4n) is 4.29. The van der Waals surface area contributed by atoms with Crippen LogP contribution in [0.2, 0.25) is 0 Å². The molecule has 196 valence electrons. The van der Waals surface area contributed by atoms with E-state index in [0.29, 0.717) is 5.75 Å². The second-order valence-electron chi connectivity index (χ2n) is 13.9. The van der Waals surface area contributed by atoms with E-state index < -0.39 is 6.85 Å². The molecule has 1 unspecified atom stereocenters. The highest BCUT2D eigenvalue weighted by atomic mass is 35.9. The van der Waals surface area contributed by atoms with Crippen LogP contribution in [-0.4, -0.2) is 5.11 Å². The Bertz CT molecular complexity index is 1060. The van der Waals surface area contributed by atoms with E-state index in [1.54, 1.807) is 0 Å². The van der Waals surface area contributed by atoms with Gasteiger partial charge in [-0.2, -0.15) is 0 Å². The van der Waals surface area contributed by atoms with Gasteiger partial charge in [0.15, 0.2) is 0 Å². The first kappa shape index (κ1) is 30.3. The van der Waals surface area contributed by atoms with E-state index >= 15 is 0 Å². The van der Waals surface area contributed by atoms with E-state index in [2.05, 4.69) is 114 Å². The normalized spacial score (nSPS) is 14.4. The zero-order valence-corrected chi connectivity index (χ0v) is 26.4. The standard InChI is InChI=1S/C30H45Cl2O2P/c1-18(21-14-19(27(2,3)4)16-23(25(21)33)29(8,9)10)22-15-20(28(5,6)7)17-24(30(11,12)13)26(22)34-35(31)32/h14-18,33H,1-13H3. The van der Waals surface area contributed by atoms with Gasteiger partial charge in [-0.3, -0.25) is 0 Å². The Morgan fingerprint density at radius 1 is 0.657 bits per heavy atom. The molecule has 0 aromatic heterocycles. The highest BCUT2D eigenvalue weighted by molar-refractivity contribution is 8.00. The second kappa shape index (κ2) is 10.1. The van der Waals surface area contributed by atoms with Gasteiger partial charge in [0, 0.05) is 22.6 Å². The Labute approximate surface area is 225 Å². The van der Waals surface area contributed by atoms with Gasteiger partial charge in [0.25, 0.3) is 6.85 Å². The van der Waals surface area contributed by atoms with Crippen LogP contribution in [0, 0.1) is 0 Å². The molecule has 0 bridgehead atoms. The topological polar surface area (TPSA) is 29.5 Å². The van der Waals surface area contributed by atoms with Crippen LogP contribution >= 0.6 is 29.3 Å². The summed E-state index contributed by atoms with van der Waals surface area (Å²) in [5.41, 5.74) is 5.82. The summed E-state index contributed by atoms with van der Waals surface area (Å²) in [7, 11) is 0.